The molecule has 1 aromatic carbocycles. The van der Waals surface area contributed by atoms with Crippen LogP contribution >= 0.6 is 0 Å². The van der Waals surface area contributed by atoms with Gasteiger partial charge in [0, 0.05) is 7.11 Å². The van der Waals surface area contributed by atoms with Gasteiger partial charge in [-0.05, 0) is 12.0 Å². The maximum atomic E-state index is 11.8. The Kier molecular flexibility index (Phi) is 13.3. The summed E-state index contributed by atoms with van der Waals surface area (Å²) < 4.78 is 15.1. The van der Waals surface area contributed by atoms with Crippen LogP contribution in [0.1, 0.15) is 39.2 Å². The van der Waals surface area contributed by atoms with E-state index in [4.69, 9.17) is 14.2 Å². The van der Waals surface area contributed by atoms with Crippen LogP contribution in [0.4, 0.5) is 4.79 Å². The number of carbonyl (C=O) groups excluding carboxylic acids is 2. The number of methoxy groups -OCH3 is 1. The predicted octanol–water partition coefficient (Wildman–Crippen LogP) is 3.30. The van der Waals surface area contributed by atoms with Crippen molar-refractivity contribution < 1.29 is 23.8 Å². The fraction of sp³-hybridized carbons (Fsp3) is 0.556. The molecule has 1 aromatic rings. The molecule has 0 saturated heterocycles. The fourth-order valence-corrected chi connectivity index (χ4v) is 1.66. The maximum Gasteiger partial charge on any atom is 0.408 e. The van der Waals surface area contributed by atoms with Crippen LogP contribution in [0.15, 0.2) is 30.3 Å². The van der Waals surface area contributed by atoms with Crippen LogP contribution in [0.25, 0.3) is 0 Å². The molecule has 0 spiro atoms. The summed E-state index contributed by atoms with van der Waals surface area (Å²) in [6.07, 6.45) is 1.02. The second kappa shape index (κ2) is 14.5. The minimum atomic E-state index is -0.870. The van der Waals surface area contributed by atoms with E-state index in [1.807, 2.05) is 51.1 Å². The zero-order valence-corrected chi connectivity index (χ0v) is 15.0. The molecule has 6 nitrogen and oxygen atoms in total. The molecule has 0 aliphatic rings. The molecule has 1 atom stereocenters. The Morgan fingerprint density at radius 2 is 1.79 bits per heavy atom. The van der Waals surface area contributed by atoms with Gasteiger partial charge in [0.25, 0.3) is 0 Å². The van der Waals surface area contributed by atoms with E-state index in [9.17, 15) is 9.59 Å². The van der Waals surface area contributed by atoms with Crippen molar-refractivity contribution >= 4 is 12.1 Å². The Balaban J connectivity index is 0.00000254. The van der Waals surface area contributed by atoms with Gasteiger partial charge in [-0.1, -0.05) is 57.5 Å². The van der Waals surface area contributed by atoms with E-state index < -0.39 is 18.1 Å². The molecule has 1 unspecified atom stereocenters. The van der Waals surface area contributed by atoms with Crippen LogP contribution in [0.5, 0.6) is 0 Å². The Morgan fingerprint density at radius 3 is 2.38 bits per heavy atom. The highest BCUT2D eigenvalue weighted by molar-refractivity contribution is 5.81. The van der Waals surface area contributed by atoms with Gasteiger partial charge in [-0.3, -0.25) is 0 Å². The first-order valence-electron chi connectivity index (χ1n) is 8.30. The number of hydrogen-bond acceptors (Lipinski definition) is 5. The highest BCUT2D eigenvalue weighted by Gasteiger charge is 2.22. The number of carbonyl (C=O) groups is 2. The van der Waals surface area contributed by atoms with Crippen LogP contribution in [-0.4, -0.2) is 38.4 Å². The zero-order valence-electron chi connectivity index (χ0n) is 15.0. The molecule has 0 heterocycles. The van der Waals surface area contributed by atoms with Crippen molar-refractivity contribution in [3.05, 3.63) is 35.9 Å². The molecule has 136 valence electrons. The number of esters is 1. The van der Waals surface area contributed by atoms with Gasteiger partial charge in [0.2, 0.25) is 0 Å². The van der Waals surface area contributed by atoms with Crippen molar-refractivity contribution in [2.75, 3.05) is 20.3 Å². The SMILES string of the molecule is CC.CCCCOC(=O)C(COC)NC(=O)OCc1ccccc1. The standard InChI is InChI=1S/C16H23NO5.C2H6/c1-3-4-10-21-15(18)14(12-20-2)17-16(19)22-11-13-8-6-5-7-9-13;1-2/h5-9,14H,3-4,10-12H2,1-2H3,(H,17,19);1-2H3. The molecule has 0 bridgehead atoms. The second-order valence-electron chi connectivity index (χ2n) is 4.74. The van der Waals surface area contributed by atoms with Crippen LogP contribution in [0, 0.1) is 0 Å². The highest BCUT2D eigenvalue weighted by atomic mass is 16.6. The van der Waals surface area contributed by atoms with Crippen molar-refractivity contribution in [2.24, 2.45) is 0 Å². The quantitative estimate of drug-likeness (QED) is 0.552. The Morgan fingerprint density at radius 1 is 1.12 bits per heavy atom. The Hall–Kier alpha value is -2.08. The first kappa shape index (κ1) is 21.9. The van der Waals surface area contributed by atoms with Crippen LogP contribution < -0.4 is 5.32 Å². The van der Waals surface area contributed by atoms with Gasteiger partial charge in [0.1, 0.15) is 6.61 Å². The van der Waals surface area contributed by atoms with E-state index in [2.05, 4.69) is 5.32 Å². The number of hydrogen-bond donors (Lipinski definition) is 1. The third-order valence-electron chi connectivity index (χ3n) is 2.86. The Labute approximate surface area is 144 Å². The summed E-state index contributed by atoms with van der Waals surface area (Å²) in [5.74, 6) is -0.521. The third-order valence-corrected chi connectivity index (χ3v) is 2.86. The monoisotopic (exact) mass is 339 g/mol. The molecule has 0 radical (unpaired) electrons. The largest absolute Gasteiger partial charge is 0.464 e. The summed E-state index contributed by atoms with van der Waals surface area (Å²) in [4.78, 5) is 23.6. The number of alkyl carbamates (subject to hydrolysis) is 1. The number of rotatable bonds is 9. The second-order valence-corrected chi connectivity index (χ2v) is 4.74. The lowest BCUT2D eigenvalue weighted by atomic mass is 10.2. The first-order valence-corrected chi connectivity index (χ1v) is 8.30. The van der Waals surface area contributed by atoms with Gasteiger partial charge in [0.15, 0.2) is 6.04 Å². The van der Waals surface area contributed by atoms with Gasteiger partial charge < -0.3 is 19.5 Å². The lowest BCUT2D eigenvalue weighted by molar-refractivity contribution is -0.147. The topological polar surface area (TPSA) is 73.9 Å². The molecule has 0 fully saturated rings. The fourth-order valence-electron chi connectivity index (χ4n) is 1.66. The van der Waals surface area contributed by atoms with Crippen LogP contribution in [-0.2, 0) is 25.6 Å². The van der Waals surface area contributed by atoms with E-state index in [-0.39, 0.29) is 13.2 Å². The number of nitrogens with one attached hydrogen (secondary N) is 1. The Bertz CT molecular complexity index is 450. The zero-order chi connectivity index (χ0) is 18.2. The number of ether oxygens (including phenoxy) is 3. The van der Waals surface area contributed by atoms with Crippen molar-refractivity contribution in [3.8, 4) is 0 Å². The van der Waals surface area contributed by atoms with Gasteiger partial charge in [-0.15, -0.1) is 0 Å². The average Bonchev–Trinajstić information content (AvgIpc) is 2.62. The molecule has 1 N–H and O–H groups in total. The minimum Gasteiger partial charge on any atom is -0.464 e. The maximum absolute atomic E-state index is 11.8. The summed E-state index contributed by atoms with van der Waals surface area (Å²) in [5.41, 5.74) is 0.867. The molecule has 6 heteroatoms. The van der Waals surface area contributed by atoms with E-state index in [1.54, 1.807) is 0 Å². The lowest BCUT2D eigenvalue weighted by Crippen LogP contribution is -2.45. The lowest BCUT2D eigenvalue weighted by Gasteiger charge is -2.16. The normalized spacial score (nSPS) is 10.8. The number of amides is 1. The number of unbranched alkanes of at least 4 members (excludes halogenated alkanes) is 1. The summed E-state index contributed by atoms with van der Waals surface area (Å²) in [5, 5.41) is 2.45. The minimum absolute atomic E-state index is 0.0331. The third kappa shape index (κ3) is 9.84. The van der Waals surface area contributed by atoms with Crippen LogP contribution in [0.2, 0.25) is 0 Å². The average molecular weight is 339 g/mol. The van der Waals surface area contributed by atoms with E-state index >= 15 is 0 Å². The van der Waals surface area contributed by atoms with Gasteiger partial charge >= 0.3 is 12.1 Å². The van der Waals surface area contributed by atoms with E-state index in [0.29, 0.717) is 6.61 Å². The first-order chi connectivity index (χ1) is 11.7. The smallest absolute Gasteiger partial charge is 0.408 e. The molecule has 24 heavy (non-hydrogen) atoms. The molecule has 0 saturated carbocycles. The molecule has 0 aromatic heterocycles. The van der Waals surface area contributed by atoms with Crippen molar-refractivity contribution in [2.45, 2.75) is 46.3 Å². The van der Waals surface area contributed by atoms with Crippen molar-refractivity contribution in [3.63, 3.8) is 0 Å². The number of benzene rings is 1. The van der Waals surface area contributed by atoms with Crippen molar-refractivity contribution in [1.82, 2.24) is 5.32 Å². The summed E-state index contributed by atoms with van der Waals surface area (Å²) in [6, 6.07) is 8.41. The predicted molar refractivity (Wildman–Crippen MR) is 92.6 cm³/mol. The molecule has 1 rings (SSSR count). The summed E-state index contributed by atoms with van der Waals surface area (Å²) in [6.45, 7) is 6.50. The van der Waals surface area contributed by atoms with E-state index in [0.717, 1.165) is 18.4 Å². The highest BCUT2D eigenvalue weighted by Crippen LogP contribution is 2.01. The van der Waals surface area contributed by atoms with Gasteiger partial charge in [0.05, 0.1) is 13.2 Å². The molecule has 0 aliphatic carbocycles. The summed E-state index contributed by atoms with van der Waals surface area (Å²) >= 11 is 0. The van der Waals surface area contributed by atoms with Gasteiger partial charge in [-0.2, -0.15) is 0 Å². The van der Waals surface area contributed by atoms with Crippen molar-refractivity contribution in [1.29, 1.82) is 0 Å². The van der Waals surface area contributed by atoms with E-state index in [1.165, 1.54) is 7.11 Å². The molecular formula is C18H29NO5. The summed E-state index contributed by atoms with van der Waals surface area (Å²) in [7, 11) is 1.45. The van der Waals surface area contributed by atoms with Crippen LogP contribution in [0.3, 0.4) is 0 Å². The molecule has 0 aliphatic heterocycles. The molecular weight excluding hydrogens is 310 g/mol. The molecule has 1 amide bonds. The van der Waals surface area contributed by atoms with Gasteiger partial charge in [-0.25, -0.2) is 9.59 Å².